The Balaban J connectivity index is 1.93. The van der Waals surface area contributed by atoms with Crippen molar-refractivity contribution in [1.29, 1.82) is 0 Å². The molecule has 8 heteroatoms. The summed E-state index contributed by atoms with van der Waals surface area (Å²) in [5.41, 5.74) is 0.884. The number of hydrogen-bond donors (Lipinski definition) is 3. The van der Waals surface area contributed by atoms with Gasteiger partial charge in [0.15, 0.2) is 0 Å². The Labute approximate surface area is 115 Å². The zero-order valence-electron chi connectivity index (χ0n) is 10.2. The van der Waals surface area contributed by atoms with Gasteiger partial charge in [-0.05, 0) is 12.1 Å². The van der Waals surface area contributed by atoms with Gasteiger partial charge in [0.1, 0.15) is 4.21 Å². The number of imidazole rings is 1. The van der Waals surface area contributed by atoms with E-state index < -0.39 is 10.0 Å². The van der Waals surface area contributed by atoms with Gasteiger partial charge in [-0.3, -0.25) is 0 Å². The summed E-state index contributed by atoms with van der Waals surface area (Å²) < 4.78 is 26.8. The molecule has 0 aliphatic heterocycles. The molecule has 0 bridgehead atoms. The van der Waals surface area contributed by atoms with Crippen LogP contribution in [0.5, 0.6) is 0 Å². The van der Waals surface area contributed by atoms with Crippen molar-refractivity contribution >= 4 is 21.4 Å². The molecule has 104 valence electrons. The standard InChI is InChI=1S/C11H15N3O3S2/c15-6-4-10-1-2-11(18-10)19(16,17)14-5-3-9-7-12-8-13-9/h1-2,7-8,14-15H,3-6H2,(H,12,13). The monoisotopic (exact) mass is 301 g/mol. The predicted octanol–water partition coefficient (Wildman–Crippen LogP) is 0.527. The van der Waals surface area contributed by atoms with E-state index >= 15 is 0 Å². The number of sulfonamides is 1. The van der Waals surface area contributed by atoms with Crippen LogP contribution in [-0.4, -0.2) is 36.6 Å². The largest absolute Gasteiger partial charge is 0.396 e. The number of thiophene rings is 1. The lowest BCUT2D eigenvalue weighted by Gasteiger charge is -2.03. The number of aliphatic hydroxyl groups excluding tert-OH is 1. The Bertz CT molecular complexity index is 605. The molecule has 2 rings (SSSR count). The molecule has 0 saturated carbocycles. The van der Waals surface area contributed by atoms with E-state index in [1.165, 1.54) is 11.3 Å². The van der Waals surface area contributed by atoms with E-state index in [2.05, 4.69) is 14.7 Å². The fourth-order valence-electron chi connectivity index (χ4n) is 1.56. The summed E-state index contributed by atoms with van der Waals surface area (Å²) in [5, 5.41) is 8.81. The Morgan fingerprint density at radius 2 is 2.21 bits per heavy atom. The Morgan fingerprint density at radius 3 is 2.89 bits per heavy atom. The first-order valence-electron chi connectivity index (χ1n) is 5.78. The highest BCUT2D eigenvalue weighted by atomic mass is 32.2. The quantitative estimate of drug-likeness (QED) is 0.695. The average molecular weight is 301 g/mol. The first-order chi connectivity index (χ1) is 9.12. The number of H-pyrrole nitrogens is 1. The molecule has 19 heavy (non-hydrogen) atoms. The lowest BCUT2D eigenvalue weighted by atomic mass is 10.3. The van der Waals surface area contributed by atoms with Crippen LogP contribution >= 0.6 is 11.3 Å². The summed E-state index contributed by atoms with van der Waals surface area (Å²) in [6.07, 6.45) is 4.27. The van der Waals surface area contributed by atoms with Crippen LogP contribution in [0.15, 0.2) is 28.9 Å². The number of nitrogens with zero attached hydrogens (tertiary/aromatic N) is 1. The minimum absolute atomic E-state index is 0.0211. The van der Waals surface area contributed by atoms with Crippen molar-refractivity contribution in [1.82, 2.24) is 14.7 Å². The molecule has 0 aromatic carbocycles. The number of aromatic nitrogens is 2. The first kappa shape index (κ1) is 14.2. The normalized spacial score (nSPS) is 11.8. The van der Waals surface area contributed by atoms with Crippen molar-refractivity contribution in [2.24, 2.45) is 0 Å². The Morgan fingerprint density at radius 1 is 1.37 bits per heavy atom. The molecule has 6 nitrogen and oxygen atoms in total. The molecule has 0 aliphatic rings. The number of aromatic amines is 1. The number of aliphatic hydroxyl groups is 1. The second kappa shape index (κ2) is 6.29. The van der Waals surface area contributed by atoms with Crippen molar-refractivity contribution < 1.29 is 13.5 Å². The van der Waals surface area contributed by atoms with Gasteiger partial charge in [0.2, 0.25) is 10.0 Å². The van der Waals surface area contributed by atoms with E-state index in [1.54, 1.807) is 24.7 Å². The molecular weight excluding hydrogens is 286 g/mol. The Kier molecular flexibility index (Phi) is 4.70. The molecule has 0 aliphatic carbocycles. The highest BCUT2D eigenvalue weighted by molar-refractivity contribution is 7.91. The lowest BCUT2D eigenvalue weighted by molar-refractivity contribution is 0.300. The van der Waals surface area contributed by atoms with Gasteiger partial charge in [0, 0.05) is 42.8 Å². The van der Waals surface area contributed by atoms with E-state index in [0.29, 0.717) is 19.4 Å². The van der Waals surface area contributed by atoms with Crippen LogP contribution < -0.4 is 4.72 Å². The molecule has 3 N–H and O–H groups in total. The summed E-state index contributed by atoms with van der Waals surface area (Å²) in [4.78, 5) is 7.64. The van der Waals surface area contributed by atoms with Crippen molar-refractivity contribution in [2.45, 2.75) is 17.1 Å². The molecule has 0 atom stereocenters. The molecule has 2 aromatic heterocycles. The van der Waals surface area contributed by atoms with Crippen LogP contribution in [0.3, 0.4) is 0 Å². The lowest BCUT2D eigenvalue weighted by Crippen LogP contribution is -2.25. The fourth-order valence-corrected chi connectivity index (χ4v) is 3.98. The van der Waals surface area contributed by atoms with E-state index in [4.69, 9.17) is 5.11 Å². The van der Waals surface area contributed by atoms with Crippen LogP contribution in [0.1, 0.15) is 10.6 Å². The molecule has 0 unspecified atom stereocenters. The molecule has 0 fully saturated rings. The zero-order chi connectivity index (χ0) is 13.7. The van der Waals surface area contributed by atoms with Crippen LogP contribution in [0.4, 0.5) is 0 Å². The van der Waals surface area contributed by atoms with Crippen molar-refractivity contribution in [3.8, 4) is 0 Å². The Hall–Kier alpha value is -1.22. The van der Waals surface area contributed by atoms with Crippen LogP contribution in [0, 0.1) is 0 Å². The van der Waals surface area contributed by atoms with Gasteiger partial charge in [0.25, 0.3) is 0 Å². The summed E-state index contributed by atoms with van der Waals surface area (Å²) in [7, 11) is -3.46. The van der Waals surface area contributed by atoms with E-state index in [9.17, 15) is 8.42 Å². The average Bonchev–Trinajstić information content (AvgIpc) is 3.00. The van der Waals surface area contributed by atoms with Gasteiger partial charge < -0.3 is 10.1 Å². The van der Waals surface area contributed by atoms with Gasteiger partial charge >= 0.3 is 0 Å². The molecule has 0 amide bonds. The summed E-state index contributed by atoms with van der Waals surface area (Å²) in [6, 6.07) is 3.29. The van der Waals surface area contributed by atoms with E-state index in [1.807, 2.05) is 0 Å². The molecular formula is C11H15N3O3S2. The van der Waals surface area contributed by atoms with Gasteiger partial charge in [0.05, 0.1) is 6.33 Å². The second-order valence-corrected chi connectivity index (χ2v) is 7.08. The summed E-state index contributed by atoms with van der Waals surface area (Å²) in [5.74, 6) is 0. The molecule has 2 heterocycles. The fraction of sp³-hybridized carbons (Fsp3) is 0.364. The molecule has 0 spiro atoms. The smallest absolute Gasteiger partial charge is 0.250 e. The zero-order valence-corrected chi connectivity index (χ0v) is 11.8. The SMILES string of the molecule is O=S(=O)(NCCc1cnc[nH]1)c1ccc(CCO)s1. The molecule has 0 saturated heterocycles. The third-order valence-corrected chi connectivity index (χ3v) is 5.60. The topological polar surface area (TPSA) is 95.1 Å². The number of nitrogens with one attached hydrogen (secondary N) is 2. The third-order valence-electron chi connectivity index (χ3n) is 2.50. The molecule has 2 aromatic rings. The van der Waals surface area contributed by atoms with Gasteiger partial charge in [-0.15, -0.1) is 11.3 Å². The maximum Gasteiger partial charge on any atom is 0.250 e. The molecule has 0 radical (unpaired) electrons. The maximum atomic E-state index is 12.0. The van der Waals surface area contributed by atoms with Crippen LogP contribution in [0.25, 0.3) is 0 Å². The number of rotatable bonds is 7. The summed E-state index contributed by atoms with van der Waals surface area (Å²) in [6.45, 7) is 0.338. The van der Waals surface area contributed by atoms with E-state index in [0.717, 1.165) is 10.6 Å². The van der Waals surface area contributed by atoms with Crippen molar-refractivity contribution in [3.05, 3.63) is 35.2 Å². The van der Waals surface area contributed by atoms with Gasteiger partial charge in [-0.25, -0.2) is 18.1 Å². The first-order valence-corrected chi connectivity index (χ1v) is 8.08. The minimum Gasteiger partial charge on any atom is -0.396 e. The third kappa shape index (κ3) is 3.87. The predicted molar refractivity (Wildman–Crippen MR) is 72.6 cm³/mol. The highest BCUT2D eigenvalue weighted by Gasteiger charge is 2.16. The van der Waals surface area contributed by atoms with Gasteiger partial charge in [-0.2, -0.15) is 0 Å². The number of hydrogen-bond acceptors (Lipinski definition) is 5. The van der Waals surface area contributed by atoms with E-state index in [-0.39, 0.29) is 10.8 Å². The minimum atomic E-state index is -3.46. The second-order valence-electron chi connectivity index (χ2n) is 3.92. The van der Waals surface area contributed by atoms with Crippen LogP contribution in [0.2, 0.25) is 0 Å². The summed E-state index contributed by atoms with van der Waals surface area (Å²) >= 11 is 1.18. The highest BCUT2D eigenvalue weighted by Crippen LogP contribution is 2.21. The van der Waals surface area contributed by atoms with Crippen molar-refractivity contribution in [2.75, 3.05) is 13.2 Å². The van der Waals surface area contributed by atoms with Crippen molar-refractivity contribution in [3.63, 3.8) is 0 Å². The van der Waals surface area contributed by atoms with Crippen LogP contribution in [-0.2, 0) is 22.9 Å². The maximum absolute atomic E-state index is 12.0. The van der Waals surface area contributed by atoms with Gasteiger partial charge in [-0.1, -0.05) is 0 Å².